The lowest BCUT2D eigenvalue weighted by Gasteiger charge is -2.08. The molecule has 0 heterocycles. The summed E-state index contributed by atoms with van der Waals surface area (Å²) in [6.45, 7) is 4.36. The number of hydrogen-bond acceptors (Lipinski definition) is 1. The molecule has 0 radical (unpaired) electrons. The molecule has 2 aromatic rings. The second kappa shape index (κ2) is 5.05. The highest BCUT2D eigenvalue weighted by molar-refractivity contribution is 5.65. The molecule has 0 aliphatic heterocycles. The molecule has 0 aliphatic rings. The van der Waals surface area contributed by atoms with Crippen LogP contribution in [0.5, 0.6) is 5.75 Å². The van der Waals surface area contributed by atoms with Crippen LogP contribution in [0.25, 0.3) is 11.1 Å². The van der Waals surface area contributed by atoms with E-state index in [1.807, 2.05) is 12.1 Å². The lowest BCUT2D eigenvalue weighted by molar-refractivity contribution is 0.415. The molecule has 2 rings (SSSR count). The normalized spacial score (nSPS) is 10.3. The van der Waals surface area contributed by atoms with E-state index in [4.69, 9.17) is 4.74 Å². The summed E-state index contributed by atoms with van der Waals surface area (Å²) in [4.78, 5) is 0. The Bertz CT molecular complexity index is 497. The molecular formula is C16H18O. The minimum absolute atomic E-state index is 0.899. The van der Waals surface area contributed by atoms with E-state index < -0.39 is 0 Å². The van der Waals surface area contributed by atoms with Crippen LogP contribution in [0.15, 0.2) is 42.5 Å². The highest BCUT2D eigenvalue weighted by atomic mass is 16.5. The molecule has 0 atom stereocenters. The first-order chi connectivity index (χ1) is 8.24. The molecule has 0 unspecified atom stereocenters. The van der Waals surface area contributed by atoms with Crippen molar-refractivity contribution in [3.63, 3.8) is 0 Å². The van der Waals surface area contributed by atoms with E-state index in [2.05, 4.69) is 44.2 Å². The second-order valence-corrected chi connectivity index (χ2v) is 4.22. The van der Waals surface area contributed by atoms with Crippen LogP contribution in [0.2, 0.25) is 0 Å². The molecule has 0 aromatic heterocycles. The smallest absolute Gasteiger partial charge is 0.118 e. The Morgan fingerprint density at radius 2 is 1.59 bits per heavy atom. The zero-order valence-electron chi connectivity index (χ0n) is 10.7. The van der Waals surface area contributed by atoms with Gasteiger partial charge in [-0.1, -0.05) is 37.3 Å². The van der Waals surface area contributed by atoms with Crippen molar-refractivity contribution in [1.29, 1.82) is 0 Å². The summed E-state index contributed by atoms with van der Waals surface area (Å²) in [5.41, 5.74) is 5.28. The molecule has 0 spiro atoms. The van der Waals surface area contributed by atoms with Crippen LogP contribution in [0.3, 0.4) is 0 Å². The fourth-order valence-electron chi connectivity index (χ4n) is 2.06. The zero-order chi connectivity index (χ0) is 12.3. The number of aryl methyl sites for hydroxylation is 2. The Morgan fingerprint density at radius 1 is 0.941 bits per heavy atom. The number of ether oxygens (including phenoxy) is 1. The fourth-order valence-corrected chi connectivity index (χ4v) is 2.06. The van der Waals surface area contributed by atoms with Crippen LogP contribution in [0, 0.1) is 6.92 Å². The molecule has 0 amide bonds. The molecule has 0 saturated heterocycles. The van der Waals surface area contributed by atoms with Gasteiger partial charge in [0.25, 0.3) is 0 Å². The van der Waals surface area contributed by atoms with Gasteiger partial charge in [0.15, 0.2) is 0 Å². The van der Waals surface area contributed by atoms with Crippen molar-refractivity contribution >= 4 is 0 Å². The van der Waals surface area contributed by atoms with E-state index >= 15 is 0 Å². The van der Waals surface area contributed by atoms with E-state index in [9.17, 15) is 0 Å². The summed E-state index contributed by atoms with van der Waals surface area (Å²) in [7, 11) is 1.69. The average Bonchev–Trinajstić information content (AvgIpc) is 2.39. The standard InChI is InChI=1S/C16H18O/c1-4-13-5-6-15(11-12(13)2)14-7-9-16(17-3)10-8-14/h5-11H,4H2,1-3H3. The van der Waals surface area contributed by atoms with Crippen LogP contribution in [0.4, 0.5) is 0 Å². The van der Waals surface area contributed by atoms with Crippen LogP contribution in [-0.2, 0) is 6.42 Å². The maximum absolute atomic E-state index is 5.17. The molecule has 0 fully saturated rings. The predicted molar refractivity (Wildman–Crippen MR) is 72.5 cm³/mol. The van der Waals surface area contributed by atoms with E-state index in [-0.39, 0.29) is 0 Å². The molecule has 1 nitrogen and oxygen atoms in total. The minimum Gasteiger partial charge on any atom is -0.497 e. The van der Waals surface area contributed by atoms with Crippen LogP contribution in [-0.4, -0.2) is 7.11 Å². The molecule has 0 bridgehead atoms. The molecule has 1 heteroatoms. The third-order valence-corrected chi connectivity index (χ3v) is 3.15. The van der Waals surface area contributed by atoms with Crippen molar-refractivity contribution in [2.75, 3.05) is 7.11 Å². The molecule has 0 N–H and O–H groups in total. The first-order valence-corrected chi connectivity index (χ1v) is 5.98. The Morgan fingerprint density at radius 3 is 2.12 bits per heavy atom. The lowest BCUT2D eigenvalue weighted by atomic mass is 9.99. The number of benzene rings is 2. The molecule has 88 valence electrons. The molecule has 0 aliphatic carbocycles. The lowest BCUT2D eigenvalue weighted by Crippen LogP contribution is -1.88. The monoisotopic (exact) mass is 226 g/mol. The van der Waals surface area contributed by atoms with Crippen molar-refractivity contribution in [3.05, 3.63) is 53.6 Å². The Hall–Kier alpha value is -1.76. The summed E-state index contributed by atoms with van der Waals surface area (Å²) in [5.74, 6) is 0.899. The predicted octanol–water partition coefficient (Wildman–Crippen LogP) is 4.23. The van der Waals surface area contributed by atoms with Gasteiger partial charge in [-0.3, -0.25) is 0 Å². The SMILES string of the molecule is CCc1ccc(-c2ccc(OC)cc2)cc1C. The molecular weight excluding hydrogens is 208 g/mol. The topological polar surface area (TPSA) is 9.23 Å². The van der Waals surface area contributed by atoms with Crippen molar-refractivity contribution in [2.45, 2.75) is 20.3 Å². The summed E-state index contributed by atoms with van der Waals surface area (Å²) < 4.78 is 5.17. The Labute approximate surface area is 103 Å². The van der Waals surface area contributed by atoms with Gasteiger partial charge in [0.1, 0.15) is 5.75 Å². The van der Waals surface area contributed by atoms with Crippen molar-refractivity contribution in [3.8, 4) is 16.9 Å². The third-order valence-electron chi connectivity index (χ3n) is 3.15. The summed E-state index contributed by atoms with van der Waals surface area (Å²) in [6.07, 6.45) is 1.09. The summed E-state index contributed by atoms with van der Waals surface area (Å²) in [5, 5.41) is 0. The Kier molecular flexibility index (Phi) is 3.48. The van der Waals surface area contributed by atoms with Gasteiger partial charge >= 0.3 is 0 Å². The van der Waals surface area contributed by atoms with Gasteiger partial charge in [-0.2, -0.15) is 0 Å². The van der Waals surface area contributed by atoms with Gasteiger partial charge in [0, 0.05) is 0 Å². The van der Waals surface area contributed by atoms with Crippen molar-refractivity contribution in [1.82, 2.24) is 0 Å². The molecule has 2 aromatic carbocycles. The van der Waals surface area contributed by atoms with Crippen LogP contribution >= 0.6 is 0 Å². The molecule has 17 heavy (non-hydrogen) atoms. The largest absolute Gasteiger partial charge is 0.497 e. The van der Waals surface area contributed by atoms with Gasteiger partial charge in [0.05, 0.1) is 7.11 Å². The quantitative estimate of drug-likeness (QED) is 0.761. The zero-order valence-corrected chi connectivity index (χ0v) is 10.7. The highest BCUT2D eigenvalue weighted by Crippen LogP contribution is 2.24. The van der Waals surface area contributed by atoms with Gasteiger partial charge in [-0.25, -0.2) is 0 Å². The van der Waals surface area contributed by atoms with E-state index in [0.29, 0.717) is 0 Å². The minimum atomic E-state index is 0.899. The van der Waals surface area contributed by atoms with E-state index in [0.717, 1.165) is 12.2 Å². The van der Waals surface area contributed by atoms with Gasteiger partial charge in [-0.15, -0.1) is 0 Å². The van der Waals surface area contributed by atoms with E-state index in [1.165, 1.54) is 22.3 Å². The third kappa shape index (κ3) is 2.50. The highest BCUT2D eigenvalue weighted by Gasteiger charge is 2.01. The van der Waals surface area contributed by atoms with Crippen LogP contribution < -0.4 is 4.74 Å². The average molecular weight is 226 g/mol. The Balaban J connectivity index is 2.35. The first kappa shape index (κ1) is 11.7. The maximum atomic E-state index is 5.17. The van der Waals surface area contributed by atoms with Crippen molar-refractivity contribution < 1.29 is 4.74 Å². The van der Waals surface area contributed by atoms with Gasteiger partial charge in [-0.05, 0) is 47.7 Å². The second-order valence-electron chi connectivity index (χ2n) is 4.22. The summed E-state index contributed by atoms with van der Waals surface area (Å²) in [6, 6.07) is 14.8. The van der Waals surface area contributed by atoms with Gasteiger partial charge < -0.3 is 4.74 Å². The maximum Gasteiger partial charge on any atom is 0.118 e. The van der Waals surface area contributed by atoms with Gasteiger partial charge in [0.2, 0.25) is 0 Å². The van der Waals surface area contributed by atoms with E-state index in [1.54, 1.807) is 7.11 Å². The number of hydrogen-bond donors (Lipinski definition) is 0. The van der Waals surface area contributed by atoms with Crippen LogP contribution in [0.1, 0.15) is 18.1 Å². The number of methoxy groups -OCH3 is 1. The summed E-state index contributed by atoms with van der Waals surface area (Å²) >= 11 is 0. The fraction of sp³-hybridized carbons (Fsp3) is 0.250. The first-order valence-electron chi connectivity index (χ1n) is 5.98. The van der Waals surface area contributed by atoms with Crippen molar-refractivity contribution in [2.24, 2.45) is 0 Å². The molecule has 0 saturated carbocycles. The number of rotatable bonds is 3.